The second-order valence-electron chi connectivity index (χ2n) is 6.10. The van der Waals surface area contributed by atoms with Crippen molar-refractivity contribution >= 4 is 22.5 Å². The third-order valence-electron chi connectivity index (χ3n) is 4.06. The van der Waals surface area contributed by atoms with E-state index in [1.165, 1.54) is 0 Å². The van der Waals surface area contributed by atoms with Crippen LogP contribution in [0.4, 0.5) is 11.6 Å². The molecule has 0 fully saturated rings. The fourth-order valence-electron chi connectivity index (χ4n) is 2.75. The summed E-state index contributed by atoms with van der Waals surface area (Å²) in [6, 6.07) is 13.6. The van der Waals surface area contributed by atoms with Gasteiger partial charge in [0.2, 0.25) is 0 Å². The molecule has 4 aromatic rings. The van der Waals surface area contributed by atoms with Gasteiger partial charge in [0.15, 0.2) is 5.82 Å². The smallest absolute Gasteiger partial charge is 0.163 e. The van der Waals surface area contributed by atoms with Crippen LogP contribution in [0.25, 0.3) is 22.3 Å². The first-order chi connectivity index (χ1) is 13.2. The maximum Gasteiger partial charge on any atom is 0.163 e. The highest BCUT2D eigenvalue weighted by molar-refractivity contribution is 5.93. The van der Waals surface area contributed by atoms with Crippen molar-refractivity contribution in [3.05, 3.63) is 66.6 Å². The first-order valence-electron chi connectivity index (χ1n) is 8.77. The second kappa shape index (κ2) is 7.37. The van der Waals surface area contributed by atoms with E-state index in [2.05, 4.69) is 15.3 Å². The van der Waals surface area contributed by atoms with Crippen LogP contribution in [0.1, 0.15) is 12.5 Å². The molecular formula is C21H19N5O. The van der Waals surface area contributed by atoms with Crippen molar-refractivity contribution in [1.29, 1.82) is 0 Å². The molecule has 3 heterocycles. The van der Waals surface area contributed by atoms with Crippen molar-refractivity contribution in [2.24, 2.45) is 0 Å². The SMILES string of the molecule is CCOc1ccc2nc(-c3cccnc3)nc(Nc3ccc(C)cn3)c2c1. The Morgan fingerprint density at radius 1 is 1.04 bits per heavy atom. The molecule has 0 unspecified atom stereocenters. The lowest BCUT2D eigenvalue weighted by molar-refractivity contribution is 0.340. The number of aryl methyl sites for hydroxylation is 1. The standard InChI is InChI=1S/C21H19N5O/c1-3-27-16-7-8-18-17(11-16)21(25-19-9-6-14(2)12-23-19)26-20(24-18)15-5-4-10-22-13-15/h4-13H,3H2,1-2H3,(H,23,24,25,26). The molecule has 6 heteroatoms. The minimum absolute atomic E-state index is 0.600. The molecule has 0 radical (unpaired) electrons. The highest BCUT2D eigenvalue weighted by Crippen LogP contribution is 2.29. The van der Waals surface area contributed by atoms with Gasteiger partial charge in [-0.3, -0.25) is 4.98 Å². The number of nitrogens with zero attached hydrogens (tertiary/aromatic N) is 4. The van der Waals surface area contributed by atoms with Crippen molar-refractivity contribution in [1.82, 2.24) is 19.9 Å². The lowest BCUT2D eigenvalue weighted by atomic mass is 10.2. The van der Waals surface area contributed by atoms with Crippen molar-refractivity contribution in [3.63, 3.8) is 0 Å². The number of anilines is 2. The third-order valence-corrected chi connectivity index (χ3v) is 4.06. The molecule has 0 amide bonds. The molecule has 3 aromatic heterocycles. The summed E-state index contributed by atoms with van der Waals surface area (Å²) in [7, 11) is 0. The predicted octanol–water partition coefficient (Wildman–Crippen LogP) is 4.54. The molecule has 0 saturated heterocycles. The molecule has 0 aliphatic heterocycles. The number of ether oxygens (including phenoxy) is 1. The zero-order chi connectivity index (χ0) is 18.6. The van der Waals surface area contributed by atoms with Crippen molar-refractivity contribution in [2.45, 2.75) is 13.8 Å². The second-order valence-corrected chi connectivity index (χ2v) is 6.10. The normalized spacial score (nSPS) is 10.7. The Hall–Kier alpha value is -3.54. The molecule has 0 aliphatic carbocycles. The van der Waals surface area contributed by atoms with E-state index in [1.54, 1.807) is 12.4 Å². The average molecular weight is 357 g/mol. The molecule has 0 saturated carbocycles. The molecular weight excluding hydrogens is 338 g/mol. The van der Waals surface area contributed by atoms with Crippen molar-refractivity contribution < 1.29 is 4.74 Å². The van der Waals surface area contributed by atoms with E-state index in [9.17, 15) is 0 Å². The van der Waals surface area contributed by atoms with E-state index in [0.717, 1.165) is 33.6 Å². The number of hydrogen-bond acceptors (Lipinski definition) is 6. The minimum Gasteiger partial charge on any atom is -0.494 e. The largest absolute Gasteiger partial charge is 0.494 e. The van der Waals surface area contributed by atoms with E-state index in [4.69, 9.17) is 14.7 Å². The summed E-state index contributed by atoms with van der Waals surface area (Å²) >= 11 is 0. The summed E-state index contributed by atoms with van der Waals surface area (Å²) in [6.07, 6.45) is 5.30. The van der Waals surface area contributed by atoms with Crippen LogP contribution in [0.2, 0.25) is 0 Å². The van der Waals surface area contributed by atoms with Gasteiger partial charge in [0.25, 0.3) is 0 Å². The zero-order valence-corrected chi connectivity index (χ0v) is 15.2. The van der Waals surface area contributed by atoms with Gasteiger partial charge < -0.3 is 10.1 Å². The Morgan fingerprint density at radius 2 is 1.96 bits per heavy atom. The van der Waals surface area contributed by atoms with Gasteiger partial charge in [0.1, 0.15) is 17.4 Å². The highest BCUT2D eigenvalue weighted by Gasteiger charge is 2.12. The lowest BCUT2D eigenvalue weighted by Gasteiger charge is -2.12. The van der Waals surface area contributed by atoms with Crippen molar-refractivity contribution in [3.8, 4) is 17.1 Å². The average Bonchev–Trinajstić information content (AvgIpc) is 2.71. The minimum atomic E-state index is 0.600. The monoisotopic (exact) mass is 357 g/mol. The van der Waals surface area contributed by atoms with Gasteiger partial charge >= 0.3 is 0 Å². The maximum absolute atomic E-state index is 5.64. The number of rotatable bonds is 5. The van der Waals surface area contributed by atoms with Gasteiger partial charge in [0.05, 0.1) is 12.1 Å². The molecule has 134 valence electrons. The number of hydrogen-bond donors (Lipinski definition) is 1. The topological polar surface area (TPSA) is 72.8 Å². The predicted molar refractivity (Wildman–Crippen MR) is 106 cm³/mol. The molecule has 1 aromatic carbocycles. The number of aromatic nitrogens is 4. The maximum atomic E-state index is 5.64. The summed E-state index contributed by atoms with van der Waals surface area (Å²) in [5.74, 6) is 2.79. The first-order valence-corrected chi connectivity index (χ1v) is 8.77. The summed E-state index contributed by atoms with van der Waals surface area (Å²) in [5.41, 5.74) is 2.78. The highest BCUT2D eigenvalue weighted by atomic mass is 16.5. The van der Waals surface area contributed by atoms with E-state index in [1.807, 2.05) is 62.5 Å². The van der Waals surface area contributed by atoms with Gasteiger partial charge in [-0.05, 0) is 55.8 Å². The fraction of sp³-hybridized carbons (Fsp3) is 0.143. The molecule has 4 rings (SSSR count). The number of benzene rings is 1. The zero-order valence-electron chi connectivity index (χ0n) is 15.2. The number of nitrogens with one attached hydrogen (secondary N) is 1. The summed E-state index contributed by atoms with van der Waals surface area (Å²) in [4.78, 5) is 18.0. The van der Waals surface area contributed by atoms with Crippen LogP contribution in [-0.4, -0.2) is 26.5 Å². The Labute approximate surface area is 157 Å². The molecule has 27 heavy (non-hydrogen) atoms. The van der Waals surface area contributed by atoms with Crippen LogP contribution in [0.5, 0.6) is 5.75 Å². The number of fused-ring (bicyclic) bond motifs is 1. The Balaban J connectivity index is 1.85. The van der Waals surface area contributed by atoms with Crippen LogP contribution in [-0.2, 0) is 0 Å². The molecule has 0 aliphatic rings. The van der Waals surface area contributed by atoms with E-state index < -0.39 is 0 Å². The Bertz CT molecular complexity index is 1070. The van der Waals surface area contributed by atoms with Crippen LogP contribution >= 0.6 is 0 Å². The van der Waals surface area contributed by atoms with Crippen LogP contribution < -0.4 is 10.1 Å². The fourth-order valence-corrected chi connectivity index (χ4v) is 2.75. The third kappa shape index (κ3) is 3.69. The van der Waals surface area contributed by atoms with Gasteiger partial charge in [-0.1, -0.05) is 6.07 Å². The van der Waals surface area contributed by atoms with E-state index in [0.29, 0.717) is 18.2 Å². The van der Waals surface area contributed by atoms with E-state index >= 15 is 0 Å². The Kier molecular flexibility index (Phi) is 4.61. The number of pyridine rings is 2. The lowest BCUT2D eigenvalue weighted by Crippen LogP contribution is -2.01. The van der Waals surface area contributed by atoms with Crippen LogP contribution in [0.15, 0.2) is 61.1 Å². The molecule has 0 atom stereocenters. The van der Waals surface area contributed by atoms with Crippen molar-refractivity contribution in [2.75, 3.05) is 11.9 Å². The molecule has 1 N–H and O–H groups in total. The molecule has 0 spiro atoms. The first kappa shape index (κ1) is 16.9. The van der Waals surface area contributed by atoms with Gasteiger partial charge in [-0.2, -0.15) is 0 Å². The van der Waals surface area contributed by atoms with Crippen LogP contribution in [0, 0.1) is 6.92 Å². The quantitative estimate of drug-likeness (QED) is 0.565. The van der Waals surface area contributed by atoms with Gasteiger partial charge in [0, 0.05) is 29.5 Å². The summed E-state index contributed by atoms with van der Waals surface area (Å²) in [6.45, 7) is 4.57. The van der Waals surface area contributed by atoms with Gasteiger partial charge in [-0.15, -0.1) is 0 Å². The van der Waals surface area contributed by atoms with Crippen LogP contribution in [0.3, 0.4) is 0 Å². The Morgan fingerprint density at radius 3 is 2.70 bits per heavy atom. The molecule has 0 bridgehead atoms. The van der Waals surface area contributed by atoms with E-state index in [-0.39, 0.29) is 0 Å². The van der Waals surface area contributed by atoms with Gasteiger partial charge in [-0.25, -0.2) is 15.0 Å². The summed E-state index contributed by atoms with van der Waals surface area (Å²) < 4.78 is 5.64. The summed E-state index contributed by atoms with van der Waals surface area (Å²) in [5, 5.41) is 4.19. The molecule has 6 nitrogen and oxygen atoms in total.